The van der Waals surface area contributed by atoms with Crippen LogP contribution >= 0.6 is 0 Å². The van der Waals surface area contributed by atoms with Gasteiger partial charge < -0.3 is 19.4 Å². The molecule has 1 N–H and O–H groups in total. The van der Waals surface area contributed by atoms with E-state index in [1.807, 2.05) is 0 Å². The Morgan fingerprint density at radius 3 is 1.71 bits per heavy atom. The number of rotatable bonds is 8. The molecule has 0 aromatic rings. The summed E-state index contributed by atoms with van der Waals surface area (Å²) >= 11 is 0. The molecule has 0 fully saturated rings. The molecule has 0 heterocycles. The second-order valence-electron chi connectivity index (χ2n) is 7.65. The van der Waals surface area contributed by atoms with E-state index in [0.29, 0.717) is 6.29 Å². The summed E-state index contributed by atoms with van der Waals surface area (Å²) in [4.78, 5) is 36.4. The van der Waals surface area contributed by atoms with Crippen molar-refractivity contribution in [2.45, 2.75) is 72.0 Å². The first-order chi connectivity index (χ1) is 10.9. The van der Waals surface area contributed by atoms with E-state index in [9.17, 15) is 14.4 Å². The van der Waals surface area contributed by atoms with Gasteiger partial charge in [-0.05, 0) is 54.4 Å². The molecule has 0 aliphatic rings. The standard InChI is InChI=1S/C18H30O6/c1-16(2,3)23-14(21)18(11-9-13-20,10-7-8-12-19)15(22)24-17(4,5)6/h7-8,13,19H,9-12H2,1-6H3/b8-7-. The Kier molecular flexibility index (Phi) is 8.34. The third kappa shape index (κ3) is 7.73. The summed E-state index contributed by atoms with van der Waals surface area (Å²) < 4.78 is 10.8. The molecule has 0 aliphatic carbocycles. The lowest BCUT2D eigenvalue weighted by Gasteiger charge is -2.34. The van der Waals surface area contributed by atoms with Gasteiger partial charge >= 0.3 is 11.9 Å². The van der Waals surface area contributed by atoms with Gasteiger partial charge in [-0.15, -0.1) is 0 Å². The molecule has 0 bridgehead atoms. The van der Waals surface area contributed by atoms with Crippen molar-refractivity contribution in [3.05, 3.63) is 12.2 Å². The molecule has 0 saturated heterocycles. The molecule has 0 atom stereocenters. The Hall–Kier alpha value is -1.69. The van der Waals surface area contributed by atoms with Crippen molar-refractivity contribution in [1.82, 2.24) is 0 Å². The fourth-order valence-corrected chi connectivity index (χ4v) is 1.97. The van der Waals surface area contributed by atoms with E-state index < -0.39 is 28.6 Å². The maximum Gasteiger partial charge on any atom is 0.324 e. The SMILES string of the molecule is CC(C)(C)OC(=O)C(C/C=C\CO)(CCC=O)C(=O)OC(C)(C)C. The van der Waals surface area contributed by atoms with Gasteiger partial charge in [-0.1, -0.05) is 12.2 Å². The van der Waals surface area contributed by atoms with Gasteiger partial charge in [0.25, 0.3) is 0 Å². The third-order valence-corrected chi connectivity index (χ3v) is 3.01. The number of aliphatic hydroxyl groups is 1. The number of allylic oxidation sites excluding steroid dienone is 1. The summed E-state index contributed by atoms with van der Waals surface area (Å²) in [5.74, 6) is -1.46. The van der Waals surface area contributed by atoms with E-state index in [2.05, 4.69) is 0 Å². The zero-order chi connectivity index (χ0) is 19.0. The van der Waals surface area contributed by atoms with E-state index in [0.717, 1.165) is 0 Å². The Labute approximate surface area is 144 Å². The Balaban J connectivity index is 5.82. The van der Waals surface area contributed by atoms with Crippen molar-refractivity contribution in [3.8, 4) is 0 Å². The molecule has 0 amide bonds. The van der Waals surface area contributed by atoms with E-state index in [1.165, 1.54) is 12.2 Å². The molecule has 24 heavy (non-hydrogen) atoms. The van der Waals surface area contributed by atoms with Gasteiger partial charge in [0, 0.05) is 6.42 Å². The molecule has 138 valence electrons. The highest BCUT2D eigenvalue weighted by atomic mass is 16.6. The van der Waals surface area contributed by atoms with E-state index >= 15 is 0 Å². The zero-order valence-corrected chi connectivity index (χ0v) is 15.5. The largest absolute Gasteiger partial charge is 0.459 e. The molecular weight excluding hydrogens is 312 g/mol. The van der Waals surface area contributed by atoms with Gasteiger partial charge in [-0.2, -0.15) is 0 Å². The summed E-state index contributed by atoms with van der Waals surface area (Å²) in [6.45, 7) is 10.00. The summed E-state index contributed by atoms with van der Waals surface area (Å²) in [5.41, 5.74) is -3.19. The second kappa shape index (κ2) is 8.97. The predicted octanol–water partition coefficient (Wildman–Crippen LogP) is 2.57. The normalized spacial score (nSPS) is 13.0. The highest BCUT2D eigenvalue weighted by molar-refractivity contribution is 6.00. The van der Waals surface area contributed by atoms with Crippen LogP contribution in [0.2, 0.25) is 0 Å². The topological polar surface area (TPSA) is 89.9 Å². The first-order valence-corrected chi connectivity index (χ1v) is 8.04. The van der Waals surface area contributed by atoms with Gasteiger partial charge in [-0.25, -0.2) is 0 Å². The van der Waals surface area contributed by atoms with E-state index in [-0.39, 0.29) is 25.9 Å². The van der Waals surface area contributed by atoms with Crippen LogP contribution in [0.5, 0.6) is 0 Å². The quantitative estimate of drug-likeness (QED) is 0.316. The van der Waals surface area contributed by atoms with Crippen molar-refractivity contribution in [2.24, 2.45) is 5.41 Å². The average Bonchev–Trinajstić information content (AvgIpc) is 2.38. The monoisotopic (exact) mass is 342 g/mol. The molecular formula is C18H30O6. The smallest absolute Gasteiger partial charge is 0.324 e. The Bertz CT molecular complexity index is 437. The number of aliphatic hydroxyl groups excluding tert-OH is 1. The summed E-state index contributed by atoms with van der Waals surface area (Å²) in [6, 6.07) is 0. The highest BCUT2D eigenvalue weighted by Crippen LogP contribution is 2.35. The molecule has 0 saturated carbocycles. The van der Waals surface area contributed by atoms with Crippen molar-refractivity contribution >= 4 is 18.2 Å². The van der Waals surface area contributed by atoms with Crippen LogP contribution in [0.15, 0.2) is 12.2 Å². The van der Waals surface area contributed by atoms with E-state index in [4.69, 9.17) is 14.6 Å². The van der Waals surface area contributed by atoms with Crippen LogP contribution in [0.4, 0.5) is 0 Å². The average molecular weight is 342 g/mol. The summed E-state index contributed by atoms with van der Waals surface area (Å²) in [6.07, 6.45) is 3.61. The molecule has 0 unspecified atom stereocenters. The molecule has 0 radical (unpaired) electrons. The zero-order valence-electron chi connectivity index (χ0n) is 15.5. The van der Waals surface area contributed by atoms with Crippen LogP contribution in [0.3, 0.4) is 0 Å². The number of ether oxygens (including phenoxy) is 2. The highest BCUT2D eigenvalue weighted by Gasteiger charge is 2.49. The maximum absolute atomic E-state index is 12.8. The minimum absolute atomic E-state index is 0.00870. The molecule has 0 aromatic carbocycles. The first-order valence-electron chi connectivity index (χ1n) is 8.04. The summed E-state index contributed by atoms with van der Waals surface area (Å²) in [7, 11) is 0. The minimum Gasteiger partial charge on any atom is -0.459 e. The number of esters is 2. The fraction of sp³-hybridized carbons (Fsp3) is 0.722. The number of hydrogen-bond donors (Lipinski definition) is 1. The first kappa shape index (κ1) is 22.3. The van der Waals surface area contributed by atoms with Crippen molar-refractivity contribution in [2.75, 3.05) is 6.61 Å². The molecule has 0 aromatic heterocycles. The molecule has 0 rings (SSSR count). The van der Waals surface area contributed by atoms with Crippen LogP contribution < -0.4 is 0 Å². The number of carbonyl (C=O) groups excluding carboxylic acids is 3. The third-order valence-electron chi connectivity index (χ3n) is 3.01. The summed E-state index contributed by atoms with van der Waals surface area (Å²) in [5, 5.41) is 8.91. The second-order valence-corrected chi connectivity index (χ2v) is 7.65. The van der Waals surface area contributed by atoms with Crippen molar-refractivity contribution in [1.29, 1.82) is 0 Å². The lowest BCUT2D eigenvalue weighted by atomic mass is 9.79. The van der Waals surface area contributed by atoms with Gasteiger partial charge in [0.15, 0.2) is 5.41 Å². The maximum atomic E-state index is 12.8. The van der Waals surface area contributed by atoms with Gasteiger partial charge in [-0.3, -0.25) is 9.59 Å². The Morgan fingerprint density at radius 1 is 0.917 bits per heavy atom. The van der Waals surface area contributed by atoms with Crippen LogP contribution in [-0.4, -0.2) is 41.1 Å². The van der Waals surface area contributed by atoms with Gasteiger partial charge in [0.05, 0.1) is 6.61 Å². The molecule has 6 heteroatoms. The number of hydrogen-bond acceptors (Lipinski definition) is 6. The van der Waals surface area contributed by atoms with Crippen LogP contribution in [0.25, 0.3) is 0 Å². The Morgan fingerprint density at radius 2 is 1.38 bits per heavy atom. The predicted molar refractivity (Wildman–Crippen MR) is 90.3 cm³/mol. The molecule has 0 spiro atoms. The minimum atomic E-state index is -1.62. The van der Waals surface area contributed by atoms with Crippen LogP contribution in [-0.2, 0) is 23.9 Å². The molecule has 0 aliphatic heterocycles. The lowest BCUT2D eigenvalue weighted by Crippen LogP contribution is -2.46. The number of carbonyl (C=O) groups is 3. The van der Waals surface area contributed by atoms with Crippen molar-refractivity contribution < 1.29 is 29.0 Å². The van der Waals surface area contributed by atoms with Gasteiger partial charge in [0.2, 0.25) is 0 Å². The van der Waals surface area contributed by atoms with E-state index in [1.54, 1.807) is 41.5 Å². The number of aldehydes is 1. The van der Waals surface area contributed by atoms with Gasteiger partial charge in [0.1, 0.15) is 17.5 Å². The lowest BCUT2D eigenvalue weighted by molar-refractivity contribution is -0.185. The van der Waals surface area contributed by atoms with Crippen molar-refractivity contribution in [3.63, 3.8) is 0 Å². The van der Waals surface area contributed by atoms with Crippen LogP contribution in [0, 0.1) is 5.41 Å². The van der Waals surface area contributed by atoms with Crippen LogP contribution in [0.1, 0.15) is 60.8 Å². The fourth-order valence-electron chi connectivity index (χ4n) is 1.97. The molecule has 6 nitrogen and oxygen atoms in total.